The summed E-state index contributed by atoms with van der Waals surface area (Å²) in [7, 11) is 4.01. The van der Waals surface area contributed by atoms with E-state index in [0.29, 0.717) is 11.7 Å². The maximum Gasteiger partial charge on any atom is 0.293 e. The van der Waals surface area contributed by atoms with Gasteiger partial charge in [0, 0.05) is 38.1 Å². The highest BCUT2D eigenvalue weighted by molar-refractivity contribution is 5.30. The summed E-state index contributed by atoms with van der Waals surface area (Å²) in [5.41, 5.74) is -0.0431. The van der Waals surface area contributed by atoms with E-state index in [2.05, 4.69) is 22.2 Å². The van der Waals surface area contributed by atoms with Crippen molar-refractivity contribution in [3.63, 3.8) is 0 Å². The van der Waals surface area contributed by atoms with Gasteiger partial charge in [0.05, 0.1) is 0 Å². The number of rotatable bonds is 3. The first-order valence-corrected chi connectivity index (χ1v) is 7.12. The fraction of sp³-hybridized carbons (Fsp3) is 0.714. The fourth-order valence-corrected chi connectivity index (χ4v) is 3.55. The van der Waals surface area contributed by atoms with Crippen molar-refractivity contribution in [1.82, 2.24) is 14.5 Å². The quantitative estimate of drug-likeness (QED) is 0.885. The molecule has 1 aromatic rings. The first-order chi connectivity index (χ1) is 9.15. The molecule has 2 bridgehead atoms. The van der Waals surface area contributed by atoms with Gasteiger partial charge < -0.3 is 14.8 Å². The minimum absolute atomic E-state index is 0.0431. The molecule has 0 spiro atoms. The third kappa shape index (κ3) is 2.39. The molecule has 0 aromatic carbocycles. The standard InChI is InChI=1S/C14H22N4O/c1-17-6-5-15-13(14(17)19)16-9-10-7-11-3-4-12(8-10)18(11)2/h5-6,10-12H,3-4,7-9H2,1-2H3,(H,15,16). The van der Waals surface area contributed by atoms with E-state index >= 15 is 0 Å². The normalized spacial score (nSPS) is 30.5. The third-order valence-electron chi connectivity index (χ3n) is 4.77. The van der Waals surface area contributed by atoms with Crippen molar-refractivity contribution in [2.45, 2.75) is 37.8 Å². The van der Waals surface area contributed by atoms with Gasteiger partial charge in [0.25, 0.3) is 5.56 Å². The molecule has 5 nitrogen and oxygen atoms in total. The Balaban J connectivity index is 1.61. The zero-order valence-electron chi connectivity index (χ0n) is 11.7. The van der Waals surface area contributed by atoms with E-state index < -0.39 is 0 Å². The van der Waals surface area contributed by atoms with Gasteiger partial charge in [0.1, 0.15) is 0 Å². The molecule has 2 atom stereocenters. The third-order valence-corrected chi connectivity index (χ3v) is 4.77. The predicted molar refractivity (Wildman–Crippen MR) is 75.3 cm³/mol. The van der Waals surface area contributed by atoms with Gasteiger partial charge >= 0.3 is 0 Å². The van der Waals surface area contributed by atoms with Gasteiger partial charge in [-0.05, 0) is 38.6 Å². The molecule has 2 fully saturated rings. The van der Waals surface area contributed by atoms with Crippen LogP contribution in [0.2, 0.25) is 0 Å². The topological polar surface area (TPSA) is 50.2 Å². The van der Waals surface area contributed by atoms with Gasteiger partial charge in [-0.15, -0.1) is 0 Å². The molecule has 1 aromatic heterocycles. The maximum atomic E-state index is 11.9. The second-order valence-electron chi connectivity index (χ2n) is 5.96. The van der Waals surface area contributed by atoms with Crippen LogP contribution < -0.4 is 10.9 Å². The number of nitrogens with one attached hydrogen (secondary N) is 1. The summed E-state index contributed by atoms with van der Waals surface area (Å²) in [5, 5.41) is 3.24. The largest absolute Gasteiger partial charge is 0.365 e. The van der Waals surface area contributed by atoms with Gasteiger partial charge in [0.2, 0.25) is 0 Å². The van der Waals surface area contributed by atoms with Crippen molar-refractivity contribution in [3.8, 4) is 0 Å². The van der Waals surface area contributed by atoms with Gasteiger partial charge in [-0.2, -0.15) is 0 Å². The molecule has 1 N–H and O–H groups in total. The lowest BCUT2D eigenvalue weighted by atomic mass is 9.91. The van der Waals surface area contributed by atoms with Crippen LogP contribution >= 0.6 is 0 Å². The van der Waals surface area contributed by atoms with Crippen LogP contribution in [0.25, 0.3) is 0 Å². The summed E-state index contributed by atoms with van der Waals surface area (Å²) < 4.78 is 1.56. The van der Waals surface area contributed by atoms with Crippen LogP contribution in [-0.4, -0.2) is 40.1 Å². The Kier molecular flexibility index (Phi) is 3.31. The summed E-state index contributed by atoms with van der Waals surface area (Å²) in [6, 6.07) is 1.49. The van der Waals surface area contributed by atoms with E-state index in [-0.39, 0.29) is 5.56 Å². The molecule has 0 aliphatic carbocycles. The van der Waals surface area contributed by atoms with Crippen molar-refractivity contribution in [2.75, 3.05) is 18.9 Å². The van der Waals surface area contributed by atoms with Crippen LogP contribution in [0.15, 0.2) is 17.2 Å². The summed E-state index contributed by atoms with van der Waals surface area (Å²) >= 11 is 0. The van der Waals surface area contributed by atoms with Crippen molar-refractivity contribution in [3.05, 3.63) is 22.7 Å². The molecule has 3 rings (SSSR count). The summed E-state index contributed by atoms with van der Waals surface area (Å²) in [4.78, 5) is 18.5. The van der Waals surface area contributed by atoms with Gasteiger partial charge in [-0.1, -0.05) is 0 Å². The Morgan fingerprint density at radius 1 is 1.32 bits per heavy atom. The smallest absolute Gasteiger partial charge is 0.293 e. The van der Waals surface area contributed by atoms with Crippen LogP contribution in [0, 0.1) is 5.92 Å². The average molecular weight is 262 g/mol. The van der Waals surface area contributed by atoms with Crippen molar-refractivity contribution in [1.29, 1.82) is 0 Å². The van der Waals surface area contributed by atoms with Crippen molar-refractivity contribution in [2.24, 2.45) is 13.0 Å². The second kappa shape index (κ2) is 4.96. The molecule has 19 heavy (non-hydrogen) atoms. The zero-order chi connectivity index (χ0) is 13.4. The number of hydrogen-bond donors (Lipinski definition) is 1. The van der Waals surface area contributed by atoms with Crippen LogP contribution in [0.4, 0.5) is 5.82 Å². The second-order valence-corrected chi connectivity index (χ2v) is 5.96. The number of hydrogen-bond acceptors (Lipinski definition) is 4. The lowest BCUT2D eigenvalue weighted by Gasteiger charge is -2.36. The molecule has 104 valence electrons. The Morgan fingerprint density at radius 2 is 2.00 bits per heavy atom. The highest BCUT2D eigenvalue weighted by Crippen LogP contribution is 2.37. The highest BCUT2D eigenvalue weighted by Gasteiger charge is 2.38. The van der Waals surface area contributed by atoms with Crippen LogP contribution in [0.1, 0.15) is 25.7 Å². The average Bonchev–Trinajstić information content (AvgIpc) is 2.64. The van der Waals surface area contributed by atoms with E-state index in [1.807, 2.05) is 0 Å². The molecule has 0 amide bonds. The van der Waals surface area contributed by atoms with Gasteiger partial charge in [-0.3, -0.25) is 4.79 Å². The van der Waals surface area contributed by atoms with Crippen molar-refractivity contribution >= 4 is 5.82 Å². The first kappa shape index (κ1) is 12.7. The maximum absolute atomic E-state index is 11.9. The molecule has 2 unspecified atom stereocenters. The summed E-state index contributed by atoms with van der Waals surface area (Å²) in [6.45, 7) is 0.868. The number of nitrogens with zero attached hydrogens (tertiary/aromatic N) is 3. The molecule has 0 radical (unpaired) electrons. The number of piperidine rings is 1. The van der Waals surface area contributed by atoms with E-state index in [1.165, 1.54) is 25.7 Å². The zero-order valence-corrected chi connectivity index (χ0v) is 11.7. The van der Waals surface area contributed by atoms with Gasteiger partial charge in [0.15, 0.2) is 5.82 Å². The van der Waals surface area contributed by atoms with Crippen LogP contribution in [-0.2, 0) is 7.05 Å². The Morgan fingerprint density at radius 3 is 2.68 bits per heavy atom. The molecule has 3 heterocycles. The lowest BCUT2D eigenvalue weighted by molar-refractivity contribution is 0.139. The van der Waals surface area contributed by atoms with Crippen molar-refractivity contribution < 1.29 is 0 Å². The molecular weight excluding hydrogens is 240 g/mol. The number of aryl methyl sites for hydroxylation is 1. The Bertz CT molecular complexity index is 498. The summed E-state index contributed by atoms with van der Waals surface area (Å²) in [5.74, 6) is 1.15. The number of anilines is 1. The monoisotopic (exact) mass is 262 g/mol. The molecular formula is C14H22N4O. The Labute approximate surface area is 113 Å². The van der Waals surface area contributed by atoms with Crippen LogP contribution in [0.3, 0.4) is 0 Å². The summed E-state index contributed by atoms with van der Waals surface area (Å²) in [6.07, 6.45) is 8.51. The molecule has 2 aliphatic rings. The van der Waals surface area contributed by atoms with E-state index in [1.54, 1.807) is 24.0 Å². The fourth-order valence-electron chi connectivity index (χ4n) is 3.55. The van der Waals surface area contributed by atoms with Gasteiger partial charge in [-0.25, -0.2) is 4.98 Å². The lowest BCUT2D eigenvalue weighted by Crippen LogP contribution is -2.41. The molecule has 2 saturated heterocycles. The minimum Gasteiger partial charge on any atom is -0.365 e. The first-order valence-electron chi connectivity index (χ1n) is 7.12. The van der Waals surface area contributed by atoms with E-state index in [0.717, 1.165) is 18.6 Å². The number of fused-ring (bicyclic) bond motifs is 2. The molecule has 2 aliphatic heterocycles. The predicted octanol–water partition coefficient (Wildman–Crippen LogP) is 1.06. The minimum atomic E-state index is -0.0431. The van der Waals surface area contributed by atoms with E-state index in [9.17, 15) is 4.79 Å². The molecule has 5 heteroatoms. The van der Waals surface area contributed by atoms with Crippen LogP contribution in [0.5, 0.6) is 0 Å². The SMILES string of the molecule is CN1C2CCC1CC(CNc1nccn(C)c1=O)C2. The molecule has 0 saturated carbocycles. The Hall–Kier alpha value is -1.36. The highest BCUT2D eigenvalue weighted by atomic mass is 16.1. The van der Waals surface area contributed by atoms with E-state index in [4.69, 9.17) is 0 Å². The number of aromatic nitrogens is 2.